The van der Waals surface area contributed by atoms with Crippen LogP contribution in [0.5, 0.6) is 0 Å². The maximum atomic E-state index is 12.1. The number of amides is 1. The highest BCUT2D eigenvalue weighted by atomic mass is 32.1. The molecule has 0 aliphatic carbocycles. The van der Waals surface area contributed by atoms with Gasteiger partial charge in [-0.25, -0.2) is 0 Å². The average Bonchev–Trinajstić information content (AvgIpc) is 3.01. The molecule has 0 saturated heterocycles. The Morgan fingerprint density at radius 1 is 1.17 bits per heavy atom. The highest BCUT2D eigenvalue weighted by molar-refractivity contribution is 7.10. The number of benzene rings is 1. The first kappa shape index (κ1) is 17.7. The second-order valence-corrected chi connectivity index (χ2v) is 7.35. The molecule has 2 aromatic rings. The van der Waals surface area contributed by atoms with Crippen molar-refractivity contribution in [3.05, 3.63) is 57.8 Å². The van der Waals surface area contributed by atoms with E-state index in [1.807, 2.05) is 30.3 Å². The summed E-state index contributed by atoms with van der Waals surface area (Å²) in [5.74, 6) is 0.610. The summed E-state index contributed by atoms with van der Waals surface area (Å²) < 4.78 is 0. The monoisotopic (exact) mass is 330 g/mol. The van der Waals surface area contributed by atoms with E-state index in [9.17, 15) is 4.79 Å². The van der Waals surface area contributed by atoms with Crippen molar-refractivity contribution in [2.75, 3.05) is 13.6 Å². The lowest BCUT2D eigenvalue weighted by atomic mass is 10.0. The van der Waals surface area contributed by atoms with Gasteiger partial charge in [0.25, 0.3) is 0 Å². The van der Waals surface area contributed by atoms with Gasteiger partial charge in [0, 0.05) is 11.4 Å². The van der Waals surface area contributed by atoms with Crippen LogP contribution in [0.25, 0.3) is 0 Å². The van der Waals surface area contributed by atoms with E-state index in [0.717, 1.165) is 6.54 Å². The molecule has 2 rings (SSSR count). The van der Waals surface area contributed by atoms with Crippen molar-refractivity contribution in [1.29, 1.82) is 0 Å². The maximum absolute atomic E-state index is 12.1. The highest BCUT2D eigenvalue weighted by Crippen LogP contribution is 2.18. The summed E-state index contributed by atoms with van der Waals surface area (Å²) in [6.07, 6.45) is 0. The topological polar surface area (TPSA) is 32.3 Å². The first-order valence-corrected chi connectivity index (χ1v) is 8.94. The highest BCUT2D eigenvalue weighted by Gasteiger charge is 2.12. The molecule has 1 aromatic carbocycles. The van der Waals surface area contributed by atoms with E-state index >= 15 is 0 Å². The van der Waals surface area contributed by atoms with Crippen LogP contribution in [0.2, 0.25) is 0 Å². The summed E-state index contributed by atoms with van der Waals surface area (Å²) in [5.41, 5.74) is 2.58. The Morgan fingerprint density at radius 2 is 1.87 bits per heavy atom. The van der Waals surface area contributed by atoms with Gasteiger partial charge in [-0.3, -0.25) is 9.69 Å². The molecule has 124 valence electrons. The Labute approximate surface area is 143 Å². The van der Waals surface area contributed by atoms with E-state index in [1.54, 1.807) is 11.3 Å². The van der Waals surface area contributed by atoms with E-state index < -0.39 is 0 Å². The summed E-state index contributed by atoms with van der Waals surface area (Å²) in [6.45, 7) is 7.59. The van der Waals surface area contributed by atoms with Gasteiger partial charge in [0.15, 0.2) is 0 Å². The Morgan fingerprint density at radius 3 is 2.43 bits per heavy atom. The molecule has 1 aromatic heterocycles. The summed E-state index contributed by atoms with van der Waals surface area (Å²) in [6, 6.07) is 12.8. The van der Waals surface area contributed by atoms with Crippen molar-refractivity contribution < 1.29 is 4.79 Å². The summed E-state index contributed by atoms with van der Waals surface area (Å²) in [5, 5.41) is 5.09. The Kier molecular flexibility index (Phi) is 6.37. The second kappa shape index (κ2) is 8.27. The number of carbonyl (C=O) groups is 1. The van der Waals surface area contributed by atoms with Gasteiger partial charge >= 0.3 is 0 Å². The number of nitrogens with one attached hydrogen (secondary N) is 1. The lowest BCUT2D eigenvalue weighted by molar-refractivity contribution is -0.122. The van der Waals surface area contributed by atoms with Crippen molar-refractivity contribution in [2.45, 2.75) is 39.3 Å². The minimum atomic E-state index is 0.0622. The van der Waals surface area contributed by atoms with Crippen LogP contribution >= 0.6 is 11.3 Å². The number of rotatable bonds is 7. The van der Waals surface area contributed by atoms with E-state index in [1.165, 1.54) is 16.0 Å². The molecular weight excluding hydrogens is 304 g/mol. The zero-order chi connectivity index (χ0) is 16.8. The fourth-order valence-electron chi connectivity index (χ4n) is 2.52. The van der Waals surface area contributed by atoms with Crippen LogP contribution < -0.4 is 5.32 Å². The first-order chi connectivity index (χ1) is 11.0. The summed E-state index contributed by atoms with van der Waals surface area (Å²) in [4.78, 5) is 15.4. The van der Waals surface area contributed by atoms with Gasteiger partial charge in [0.2, 0.25) is 5.91 Å². The molecule has 1 atom stereocenters. The van der Waals surface area contributed by atoms with E-state index in [-0.39, 0.29) is 11.9 Å². The predicted molar refractivity (Wildman–Crippen MR) is 97.7 cm³/mol. The van der Waals surface area contributed by atoms with Crippen molar-refractivity contribution in [3.8, 4) is 0 Å². The van der Waals surface area contributed by atoms with Crippen molar-refractivity contribution in [3.63, 3.8) is 0 Å². The molecular formula is C19H26N2OS. The number of likely N-dealkylation sites (N-methyl/N-ethyl adjacent to an activating group) is 1. The van der Waals surface area contributed by atoms with Crippen LogP contribution in [0.4, 0.5) is 0 Å². The number of thiophene rings is 1. The van der Waals surface area contributed by atoms with E-state index in [2.05, 4.69) is 49.5 Å². The maximum Gasteiger partial charge on any atom is 0.234 e. The fourth-order valence-corrected chi connectivity index (χ4v) is 3.25. The average molecular weight is 330 g/mol. The van der Waals surface area contributed by atoms with Gasteiger partial charge in [0.1, 0.15) is 0 Å². The van der Waals surface area contributed by atoms with Crippen LogP contribution in [-0.2, 0) is 11.3 Å². The molecule has 0 saturated carbocycles. The van der Waals surface area contributed by atoms with Crippen LogP contribution in [0, 0.1) is 0 Å². The first-order valence-electron chi connectivity index (χ1n) is 8.06. The SMILES string of the molecule is CC(C)c1ccc(CN(C)CC(=O)NC(C)c2cccs2)cc1. The molecule has 1 unspecified atom stereocenters. The van der Waals surface area contributed by atoms with Crippen LogP contribution in [0.1, 0.15) is 48.7 Å². The molecule has 0 bridgehead atoms. The number of hydrogen-bond donors (Lipinski definition) is 1. The quantitative estimate of drug-likeness (QED) is 0.826. The predicted octanol–water partition coefficient (Wildman–Crippen LogP) is 4.18. The van der Waals surface area contributed by atoms with Crippen LogP contribution in [-0.4, -0.2) is 24.4 Å². The van der Waals surface area contributed by atoms with E-state index in [4.69, 9.17) is 0 Å². The van der Waals surface area contributed by atoms with Crippen molar-refractivity contribution in [1.82, 2.24) is 10.2 Å². The summed E-state index contributed by atoms with van der Waals surface area (Å²) in [7, 11) is 1.98. The molecule has 0 aliphatic heterocycles. The van der Waals surface area contributed by atoms with Gasteiger partial charge in [-0.05, 0) is 42.5 Å². The molecule has 0 fully saturated rings. The molecule has 3 nitrogen and oxygen atoms in total. The number of hydrogen-bond acceptors (Lipinski definition) is 3. The lowest BCUT2D eigenvalue weighted by Crippen LogP contribution is -2.36. The number of nitrogens with zero attached hydrogens (tertiary/aromatic N) is 1. The third-order valence-electron chi connectivity index (χ3n) is 3.86. The van der Waals surface area contributed by atoms with Gasteiger partial charge < -0.3 is 5.32 Å². The third-order valence-corrected chi connectivity index (χ3v) is 4.91. The minimum Gasteiger partial charge on any atom is -0.348 e. The molecule has 1 amide bonds. The smallest absolute Gasteiger partial charge is 0.234 e. The van der Waals surface area contributed by atoms with E-state index in [0.29, 0.717) is 12.5 Å². The van der Waals surface area contributed by atoms with Gasteiger partial charge in [-0.1, -0.05) is 44.2 Å². The number of carbonyl (C=O) groups excluding carboxylic acids is 1. The molecule has 0 spiro atoms. The van der Waals surface area contributed by atoms with Crippen molar-refractivity contribution >= 4 is 17.2 Å². The molecule has 23 heavy (non-hydrogen) atoms. The molecule has 1 N–H and O–H groups in total. The van der Waals surface area contributed by atoms with Crippen LogP contribution in [0.15, 0.2) is 41.8 Å². The Hall–Kier alpha value is -1.65. The minimum absolute atomic E-state index is 0.0622. The summed E-state index contributed by atoms with van der Waals surface area (Å²) >= 11 is 1.67. The molecule has 0 aliphatic rings. The Bertz CT molecular complexity index is 605. The second-order valence-electron chi connectivity index (χ2n) is 6.37. The third kappa shape index (κ3) is 5.48. The van der Waals surface area contributed by atoms with Gasteiger partial charge in [-0.2, -0.15) is 0 Å². The van der Waals surface area contributed by atoms with Crippen molar-refractivity contribution in [2.24, 2.45) is 0 Å². The Balaban J connectivity index is 1.81. The lowest BCUT2D eigenvalue weighted by Gasteiger charge is -2.19. The molecule has 1 heterocycles. The molecule has 4 heteroatoms. The van der Waals surface area contributed by atoms with Gasteiger partial charge in [0.05, 0.1) is 12.6 Å². The zero-order valence-electron chi connectivity index (χ0n) is 14.4. The van der Waals surface area contributed by atoms with Gasteiger partial charge in [-0.15, -0.1) is 11.3 Å². The largest absolute Gasteiger partial charge is 0.348 e. The fraction of sp³-hybridized carbons (Fsp3) is 0.421. The molecule has 0 radical (unpaired) electrons. The standard InChI is InChI=1S/C19H26N2OS/c1-14(2)17-9-7-16(8-10-17)12-21(4)13-19(22)20-15(3)18-6-5-11-23-18/h5-11,14-15H,12-13H2,1-4H3,(H,20,22). The zero-order valence-corrected chi connectivity index (χ0v) is 15.2. The normalized spacial score (nSPS) is 12.6. The van der Waals surface area contributed by atoms with Crippen LogP contribution in [0.3, 0.4) is 0 Å².